The van der Waals surface area contributed by atoms with Gasteiger partial charge < -0.3 is 10.6 Å². The Morgan fingerprint density at radius 2 is 1.77 bits per heavy atom. The van der Waals surface area contributed by atoms with Crippen molar-refractivity contribution in [2.75, 3.05) is 0 Å². The van der Waals surface area contributed by atoms with Crippen molar-refractivity contribution < 1.29 is 4.79 Å². The Kier molecular flexibility index (Phi) is 5.01. The number of carbonyl (C=O) groups excluding carboxylic acids is 1. The third kappa shape index (κ3) is 3.82. The fourth-order valence-corrected chi connectivity index (χ4v) is 3.78. The summed E-state index contributed by atoms with van der Waals surface area (Å²) in [4.78, 5) is 12.2. The average Bonchev–Trinajstić information content (AvgIpc) is 2.55. The maximum Gasteiger partial charge on any atom is 0.315 e. The first-order chi connectivity index (χ1) is 10.7. The van der Waals surface area contributed by atoms with E-state index in [1.54, 1.807) is 0 Å². The fraction of sp³-hybridized carbons (Fsp3) is 0.632. The first kappa shape index (κ1) is 15.4. The summed E-state index contributed by atoms with van der Waals surface area (Å²) in [7, 11) is 0. The Morgan fingerprint density at radius 1 is 1.05 bits per heavy atom. The summed E-state index contributed by atoms with van der Waals surface area (Å²) >= 11 is 0. The highest BCUT2D eigenvalue weighted by Crippen LogP contribution is 2.25. The van der Waals surface area contributed by atoms with Gasteiger partial charge in [0.2, 0.25) is 0 Å². The Labute approximate surface area is 133 Å². The number of benzene rings is 1. The van der Waals surface area contributed by atoms with Crippen molar-refractivity contribution in [1.29, 1.82) is 0 Å². The van der Waals surface area contributed by atoms with Gasteiger partial charge in [-0.05, 0) is 62.1 Å². The van der Waals surface area contributed by atoms with E-state index in [0.717, 1.165) is 12.8 Å². The summed E-state index contributed by atoms with van der Waals surface area (Å²) in [5, 5.41) is 6.23. The van der Waals surface area contributed by atoms with Gasteiger partial charge >= 0.3 is 6.03 Å². The number of urea groups is 1. The van der Waals surface area contributed by atoms with E-state index in [1.165, 1.54) is 61.6 Å². The largest absolute Gasteiger partial charge is 0.335 e. The minimum atomic E-state index is -0.0166. The maximum atomic E-state index is 12.2. The van der Waals surface area contributed by atoms with Gasteiger partial charge in [-0.3, -0.25) is 0 Å². The second-order valence-corrected chi connectivity index (χ2v) is 6.91. The van der Waals surface area contributed by atoms with E-state index in [9.17, 15) is 4.79 Å². The number of hydrogen-bond acceptors (Lipinski definition) is 1. The number of rotatable bonds is 3. The Morgan fingerprint density at radius 3 is 2.55 bits per heavy atom. The second kappa shape index (κ2) is 7.17. The summed E-state index contributed by atoms with van der Waals surface area (Å²) in [6.07, 6.45) is 11.0. The van der Waals surface area contributed by atoms with Crippen molar-refractivity contribution in [2.24, 2.45) is 0 Å². The summed E-state index contributed by atoms with van der Waals surface area (Å²) in [6.45, 7) is 2.07. The van der Waals surface area contributed by atoms with Gasteiger partial charge in [-0.25, -0.2) is 4.79 Å². The standard InChI is InChI=1S/C19H28N2O/c1-14(20-19(22)21-18-9-3-2-4-10-18)16-12-11-15-7-5-6-8-17(15)13-16/h11-14,18H,2-10H2,1H3,(H2,20,21,22)/t14-/m1/s1. The molecule has 1 fully saturated rings. The maximum absolute atomic E-state index is 12.2. The predicted octanol–water partition coefficient (Wildman–Crippen LogP) is 4.26. The average molecular weight is 300 g/mol. The van der Waals surface area contributed by atoms with Crippen LogP contribution in [0.5, 0.6) is 0 Å². The van der Waals surface area contributed by atoms with Gasteiger partial charge in [0.25, 0.3) is 0 Å². The normalized spacial score (nSPS) is 20.0. The molecule has 1 aromatic carbocycles. The van der Waals surface area contributed by atoms with Crippen LogP contribution in [0.1, 0.15) is 74.6 Å². The van der Waals surface area contributed by atoms with Crippen LogP contribution in [0.2, 0.25) is 0 Å². The molecule has 3 nitrogen and oxygen atoms in total. The van der Waals surface area contributed by atoms with Crippen molar-refractivity contribution >= 4 is 6.03 Å². The number of aryl methyl sites for hydroxylation is 2. The summed E-state index contributed by atoms with van der Waals surface area (Å²) in [5.74, 6) is 0. The molecule has 22 heavy (non-hydrogen) atoms. The van der Waals surface area contributed by atoms with E-state index in [2.05, 4.69) is 35.8 Å². The van der Waals surface area contributed by atoms with Gasteiger partial charge in [0.15, 0.2) is 0 Å². The minimum absolute atomic E-state index is 0.0166. The van der Waals surface area contributed by atoms with Gasteiger partial charge in [-0.2, -0.15) is 0 Å². The van der Waals surface area contributed by atoms with E-state index in [1.807, 2.05) is 0 Å². The molecule has 3 heteroatoms. The van der Waals surface area contributed by atoms with E-state index < -0.39 is 0 Å². The molecule has 2 aliphatic rings. The number of nitrogens with one attached hydrogen (secondary N) is 2. The van der Waals surface area contributed by atoms with Crippen molar-refractivity contribution in [2.45, 2.75) is 76.8 Å². The van der Waals surface area contributed by atoms with Crippen LogP contribution in [0.3, 0.4) is 0 Å². The molecule has 0 aromatic heterocycles. The van der Waals surface area contributed by atoms with Gasteiger partial charge in [-0.1, -0.05) is 37.5 Å². The van der Waals surface area contributed by atoms with Gasteiger partial charge in [-0.15, -0.1) is 0 Å². The lowest BCUT2D eigenvalue weighted by Crippen LogP contribution is -2.43. The van der Waals surface area contributed by atoms with Crippen LogP contribution in [0.25, 0.3) is 0 Å². The van der Waals surface area contributed by atoms with E-state index in [4.69, 9.17) is 0 Å². The molecule has 2 aliphatic carbocycles. The van der Waals surface area contributed by atoms with Crippen molar-refractivity contribution in [3.05, 3.63) is 34.9 Å². The van der Waals surface area contributed by atoms with Crippen LogP contribution in [-0.2, 0) is 12.8 Å². The molecule has 0 spiro atoms. The van der Waals surface area contributed by atoms with Crippen LogP contribution in [-0.4, -0.2) is 12.1 Å². The van der Waals surface area contributed by atoms with Crippen LogP contribution in [0, 0.1) is 0 Å². The third-order valence-corrected chi connectivity index (χ3v) is 5.16. The summed E-state index contributed by atoms with van der Waals surface area (Å²) in [6, 6.07) is 7.13. The van der Waals surface area contributed by atoms with Gasteiger partial charge in [0, 0.05) is 6.04 Å². The molecule has 0 aliphatic heterocycles. The van der Waals surface area contributed by atoms with Crippen LogP contribution in [0.4, 0.5) is 4.79 Å². The summed E-state index contributed by atoms with van der Waals surface area (Å²) in [5.41, 5.74) is 4.19. The molecule has 1 saturated carbocycles. The SMILES string of the molecule is C[C@@H](NC(=O)NC1CCCCC1)c1ccc2c(c1)CCCC2. The van der Waals surface area contributed by atoms with Crippen LogP contribution < -0.4 is 10.6 Å². The molecule has 1 atom stereocenters. The number of fused-ring (bicyclic) bond motifs is 1. The monoisotopic (exact) mass is 300 g/mol. The van der Waals surface area contributed by atoms with E-state index >= 15 is 0 Å². The first-order valence-corrected chi connectivity index (χ1v) is 8.91. The molecule has 120 valence electrons. The van der Waals surface area contributed by atoms with Crippen molar-refractivity contribution in [3.8, 4) is 0 Å². The van der Waals surface area contributed by atoms with Gasteiger partial charge in [0.05, 0.1) is 6.04 Å². The summed E-state index contributed by atoms with van der Waals surface area (Å²) < 4.78 is 0. The Bertz CT molecular complexity index is 520. The zero-order valence-electron chi connectivity index (χ0n) is 13.7. The molecule has 3 rings (SSSR count). The molecule has 0 radical (unpaired) electrons. The minimum Gasteiger partial charge on any atom is -0.335 e. The number of amides is 2. The molecule has 0 bridgehead atoms. The third-order valence-electron chi connectivity index (χ3n) is 5.16. The number of hydrogen-bond donors (Lipinski definition) is 2. The van der Waals surface area contributed by atoms with Crippen molar-refractivity contribution in [3.63, 3.8) is 0 Å². The molecule has 0 saturated heterocycles. The fourth-order valence-electron chi connectivity index (χ4n) is 3.78. The zero-order chi connectivity index (χ0) is 15.4. The lowest BCUT2D eigenvalue weighted by Gasteiger charge is -2.25. The Balaban J connectivity index is 1.56. The topological polar surface area (TPSA) is 41.1 Å². The first-order valence-electron chi connectivity index (χ1n) is 8.91. The highest BCUT2D eigenvalue weighted by molar-refractivity contribution is 5.74. The highest BCUT2D eigenvalue weighted by atomic mass is 16.2. The molecule has 1 aromatic rings. The van der Waals surface area contributed by atoms with Gasteiger partial charge in [0.1, 0.15) is 0 Å². The molecular formula is C19H28N2O. The number of carbonyl (C=O) groups is 1. The van der Waals surface area contributed by atoms with E-state index in [-0.39, 0.29) is 12.1 Å². The van der Waals surface area contributed by atoms with Crippen molar-refractivity contribution in [1.82, 2.24) is 10.6 Å². The molecule has 0 unspecified atom stereocenters. The quantitative estimate of drug-likeness (QED) is 0.860. The van der Waals surface area contributed by atoms with E-state index in [0.29, 0.717) is 6.04 Å². The predicted molar refractivity (Wildman–Crippen MR) is 90.0 cm³/mol. The Hall–Kier alpha value is -1.51. The molecule has 2 amide bonds. The lowest BCUT2D eigenvalue weighted by atomic mass is 9.89. The zero-order valence-corrected chi connectivity index (χ0v) is 13.7. The molecule has 0 heterocycles. The second-order valence-electron chi connectivity index (χ2n) is 6.91. The lowest BCUT2D eigenvalue weighted by molar-refractivity contribution is 0.229. The molecule has 2 N–H and O–H groups in total. The highest BCUT2D eigenvalue weighted by Gasteiger charge is 2.18. The van der Waals surface area contributed by atoms with Crippen LogP contribution >= 0.6 is 0 Å². The smallest absolute Gasteiger partial charge is 0.315 e. The van der Waals surface area contributed by atoms with Crippen LogP contribution in [0.15, 0.2) is 18.2 Å². The molecular weight excluding hydrogens is 272 g/mol.